The van der Waals surface area contributed by atoms with Crippen LogP contribution in [0.1, 0.15) is 23.2 Å². The molecule has 0 unspecified atom stereocenters. The minimum Gasteiger partial charge on any atom is -0.406 e. The number of alkyl halides is 3. The van der Waals surface area contributed by atoms with Gasteiger partial charge in [0.25, 0.3) is 5.91 Å². The molecule has 0 bridgehead atoms. The first-order valence-corrected chi connectivity index (χ1v) is 11.5. The third kappa shape index (κ3) is 5.20. The second kappa shape index (κ2) is 8.84. The van der Waals surface area contributed by atoms with Crippen LogP contribution in [0.5, 0.6) is 5.75 Å². The number of fused-ring (bicyclic) bond motifs is 1. The Morgan fingerprint density at radius 3 is 2.32 bits per heavy atom. The first-order valence-electron chi connectivity index (χ1n) is 11.5. The first-order chi connectivity index (χ1) is 16.2. The Hall–Kier alpha value is -2.66. The zero-order valence-corrected chi connectivity index (χ0v) is 19.1. The van der Waals surface area contributed by atoms with Gasteiger partial charge in [-0.15, -0.1) is 13.2 Å². The summed E-state index contributed by atoms with van der Waals surface area (Å²) in [6.07, 6.45) is -2.50. The van der Waals surface area contributed by atoms with Gasteiger partial charge in [-0.3, -0.25) is 4.79 Å². The molecule has 34 heavy (non-hydrogen) atoms. The molecule has 1 saturated carbocycles. The lowest BCUT2D eigenvalue weighted by Crippen LogP contribution is -2.94. The van der Waals surface area contributed by atoms with Crippen molar-refractivity contribution in [1.29, 1.82) is 0 Å². The van der Waals surface area contributed by atoms with Gasteiger partial charge in [0.15, 0.2) is 5.69 Å². The number of amides is 1. The van der Waals surface area contributed by atoms with Gasteiger partial charge in [-0.1, -0.05) is 17.7 Å². The van der Waals surface area contributed by atoms with Crippen molar-refractivity contribution in [3.8, 4) is 16.9 Å². The standard InChI is InChI=1S/C24H28F3N5O2/c1-30-10-12-31(13-11-30)15-23(8-9-23)16-32-22(33)20-14-18(4-7-21(20)28-29-32)17-2-5-19(6-3-17)34-24(25,26)27/h2-7,14,28-29H,8-13,15-16H2,1H3/p+1. The van der Waals surface area contributed by atoms with Crippen molar-refractivity contribution in [2.45, 2.75) is 19.2 Å². The molecule has 2 aromatic rings. The van der Waals surface area contributed by atoms with Crippen LogP contribution in [-0.2, 0) is 0 Å². The molecule has 2 aliphatic heterocycles. The number of carbonyl (C=O) groups is 1. The van der Waals surface area contributed by atoms with E-state index in [0.29, 0.717) is 17.7 Å². The number of ether oxygens (including phenoxy) is 1. The number of quaternary nitrogens is 1. The van der Waals surface area contributed by atoms with Gasteiger partial charge in [0.1, 0.15) is 11.3 Å². The predicted molar refractivity (Wildman–Crippen MR) is 120 cm³/mol. The van der Waals surface area contributed by atoms with E-state index >= 15 is 0 Å². The van der Waals surface area contributed by atoms with Gasteiger partial charge < -0.3 is 14.5 Å². The Labute approximate surface area is 196 Å². The lowest BCUT2D eigenvalue weighted by atomic mass is 10.00. The maximum absolute atomic E-state index is 13.3. The van der Waals surface area contributed by atoms with Gasteiger partial charge in [0, 0.05) is 50.7 Å². The van der Waals surface area contributed by atoms with Gasteiger partial charge in [0.2, 0.25) is 0 Å². The van der Waals surface area contributed by atoms with Gasteiger partial charge >= 0.3 is 6.36 Å². The molecular formula is C24H29F3N5O2+. The third-order valence-electron chi connectivity index (χ3n) is 6.93. The predicted octanol–water partition coefficient (Wildman–Crippen LogP) is 2.35. The van der Waals surface area contributed by atoms with Crippen LogP contribution in [0, 0.1) is 5.41 Å². The molecule has 0 radical (unpaired) electrons. The van der Waals surface area contributed by atoms with Crippen LogP contribution in [0.15, 0.2) is 42.5 Å². The van der Waals surface area contributed by atoms with E-state index in [4.69, 9.17) is 0 Å². The van der Waals surface area contributed by atoms with Crippen LogP contribution < -0.4 is 15.7 Å². The molecule has 0 aromatic heterocycles. The summed E-state index contributed by atoms with van der Waals surface area (Å²) in [6.45, 7) is 5.93. The molecule has 5 rings (SSSR count). The van der Waals surface area contributed by atoms with E-state index < -0.39 is 6.36 Å². The third-order valence-corrected chi connectivity index (χ3v) is 6.93. The fourth-order valence-electron chi connectivity index (χ4n) is 4.72. The van der Waals surface area contributed by atoms with Crippen molar-refractivity contribution in [2.24, 2.45) is 5.41 Å². The number of nitrogens with two attached hydrogens (primary N) is 1. The van der Waals surface area contributed by atoms with Crippen LogP contribution in [0.3, 0.4) is 0 Å². The smallest absolute Gasteiger partial charge is 0.406 e. The van der Waals surface area contributed by atoms with E-state index in [9.17, 15) is 18.0 Å². The Morgan fingerprint density at radius 1 is 1.00 bits per heavy atom. The van der Waals surface area contributed by atoms with Crippen molar-refractivity contribution in [3.05, 3.63) is 48.0 Å². The highest BCUT2D eigenvalue weighted by Gasteiger charge is 2.47. The molecule has 2 heterocycles. The summed E-state index contributed by atoms with van der Waals surface area (Å²) in [5.74, 6) is -0.356. The molecule has 7 nitrogen and oxygen atoms in total. The average Bonchev–Trinajstić information content (AvgIpc) is 3.56. The lowest BCUT2D eigenvalue weighted by molar-refractivity contribution is -0.662. The van der Waals surface area contributed by atoms with Crippen molar-refractivity contribution >= 4 is 11.6 Å². The minimum atomic E-state index is -4.73. The molecule has 2 fully saturated rings. The summed E-state index contributed by atoms with van der Waals surface area (Å²) in [5, 5.41) is 1.70. The Kier molecular flexibility index (Phi) is 6.01. The van der Waals surface area contributed by atoms with Crippen LogP contribution >= 0.6 is 0 Å². The molecule has 0 atom stereocenters. The van der Waals surface area contributed by atoms with Crippen molar-refractivity contribution in [3.63, 3.8) is 0 Å². The van der Waals surface area contributed by atoms with E-state index in [2.05, 4.69) is 27.1 Å². The summed E-state index contributed by atoms with van der Waals surface area (Å²) in [7, 11) is 2.15. The van der Waals surface area contributed by atoms with E-state index in [1.165, 1.54) is 12.1 Å². The summed E-state index contributed by atoms with van der Waals surface area (Å²) in [6, 6.07) is 11.2. The Morgan fingerprint density at radius 2 is 1.68 bits per heavy atom. The number of hydrazine groups is 1. The number of hydrogen-bond acceptors (Lipinski definition) is 5. The Bertz CT molecular complexity index is 1050. The molecule has 3 aliphatic rings. The summed E-state index contributed by atoms with van der Waals surface area (Å²) < 4.78 is 41.2. The number of nitrogens with zero attached hydrogens (tertiary/aromatic N) is 3. The molecule has 3 N–H and O–H groups in total. The largest absolute Gasteiger partial charge is 0.573 e. The van der Waals surface area contributed by atoms with Gasteiger partial charge in [-0.05, 0) is 55.3 Å². The fourth-order valence-corrected chi connectivity index (χ4v) is 4.72. The van der Waals surface area contributed by atoms with E-state index in [1.54, 1.807) is 17.1 Å². The summed E-state index contributed by atoms with van der Waals surface area (Å²) in [4.78, 5) is 18.2. The monoisotopic (exact) mass is 476 g/mol. The van der Waals surface area contributed by atoms with Crippen molar-refractivity contribution in [2.75, 3.05) is 46.3 Å². The zero-order chi connectivity index (χ0) is 23.9. The minimum absolute atomic E-state index is 0.0824. The lowest BCUT2D eigenvalue weighted by Gasteiger charge is -2.36. The number of nitrogens with one attached hydrogen (secondary N) is 1. The second-order valence-electron chi connectivity index (χ2n) is 9.62. The van der Waals surface area contributed by atoms with Crippen LogP contribution in [0.25, 0.3) is 11.1 Å². The number of piperazine rings is 1. The van der Waals surface area contributed by atoms with E-state index in [-0.39, 0.29) is 17.1 Å². The second-order valence-corrected chi connectivity index (χ2v) is 9.62. The first kappa shape index (κ1) is 23.1. The maximum atomic E-state index is 13.3. The van der Waals surface area contributed by atoms with Gasteiger partial charge in [-0.25, -0.2) is 10.4 Å². The molecular weight excluding hydrogens is 447 g/mol. The normalized spacial score (nSPS) is 20.8. The van der Waals surface area contributed by atoms with Crippen LogP contribution in [0.4, 0.5) is 18.9 Å². The SMILES string of the molecule is CN1CCN(CC2(CN3N[NH2+]c4ccc(-c5ccc(OC(F)(F)F)cc5)cc4C3=O)CC2)CC1. The van der Waals surface area contributed by atoms with Crippen LogP contribution in [-0.4, -0.2) is 73.4 Å². The zero-order valence-electron chi connectivity index (χ0n) is 19.1. The van der Waals surface area contributed by atoms with Gasteiger partial charge in [-0.2, -0.15) is 0 Å². The molecule has 182 valence electrons. The number of rotatable bonds is 6. The van der Waals surface area contributed by atoms with E-state index in [1.807, 2.05) is 23.6 Å². The van der Waals surface area contributed by atoms with Crippen LogP contribution in [0.2, 0.25) is 0 Å². The average molecular weight is 477 g/mol. The highest BCUT2D eigenvalue weighted by molar-refractivity contribution is 5.99. The fraction of sp³-hybridized carbons (Fsp3) is 0.458. The highest BCUT2D eigenvalue weighted by Crippen LogP contribution is 2.47. The molecule has 2 aromatic carbocycles. The van der Waals surface area contributed by atoms with Crippen molar-refractivity contribution < 1.29 is 28.1 Å². The maximum Gasteiger partial charge on any atom is 0.573 e. The molecule has 1 aliphatic carbocycles. The van der Waals surface area contributed by atoms with Gasteiger partial charge in [0.05, 0.1) is 0 Å². The topological polar surface area (TPSA) is 64.7 Å². The number of carbonyl (C=O) groups excluding carboxylic acids is 1. The summed E-state index contributed by atoms with van der Waals surface area (Å²) >= 11 is 0. The quantitative estimate of drug-likeness (QED) is 0.495. The summed E-state index contributed by atoms with van der Waals surface area (Å²) in [5.41, 5.74) is 8.00. The number of likely N-dealkylation sites (N-methyl/N-ethyl adjacent to an activating group) is 1. The molecule has 1 amide bonds. The highest BCUT2D eigenvalue weighted by atomic mass is 19.4. The Balaban J connectivity index is 1.27. The molecule has 10 heteroatoms. The van der Waals surface area contributed by atoms with E-state index in [0.717, 1.165) is 56.8 Å². The number of hydrogen-bond donors (Lipinski definition) is 2. The molecule has 1 saturated heterocycles. The number of benzene rings is 2. The molecule has 0 spiro atoms. The number of halogens is 3. The van der Waals surface area contributed by atoms with Crippen molar-refractivity contribution in [1.82, 2.24) is 20.3 Å².